The summed E-state index contributed by atoms with van der Waals surface area (Å²) < 4.78 is 5.64. The van der Waals surface area contributed by atoms with Crippen molar-refractivity contribution in [1.82, 2.24) is 9.97 Å². The Morgan fingerprint density at radius 1 is 0.818 bits per heavy atom. The second-order valence-electron chi connectivity index (χ2n) is 4.57. The molecule has 1 aromatic heterocycles. The summed E-state index contributed by atoms with van der Waals surface area (Å²) in [6.45, 7) is 0. The fraction of sp³-hybridized carbons (Fsp3) is 0. The minimum Gasteiger partial charge on any atom is -0.494 e. The summed E-state index contributed by atoms with van der Waals surface area (Å²) in [7, 11) is 0. The monoisotopic (exact) mass is 296 g/mol. The molecule has 3 aromatic rings. The van der Waals surface area contributed by atoms with Gasteiger partial charge in [0.05, 0.1) is 0 Å². The third kappa shape index (κ3) is 2.76. The van der Waals surface area contributed by atoms with Crippen molar-refractivity contribution in [2.75, 3.05) is 0 Å². The van der Waals surface area contributed by atoms with Gasteiger partial charge in [0.2, 0.25) is 5.88 Å². The zero-order chi connectivity index (χ0) is 15.5. The van der Waals surface area contributed by atoms with E-state index in [0.29, 0.717) is 17.1 Å². The van der Waals surface area contributed by atoms with E-state index in [-0.39, 0.29) is 5.56 Å². The van der Waals surface area contributed by atoms with Gasteiger partial charge in [-0.3, -0.25) is 14.8 Å². The van der Waals surface area contributed by atoms with Gasteiger partial charge in [0.1, 0.15) is 17.1 Å². The van der Waals surface area contributed by atoms with E-state index >= 15 is 0 Å². The molecule has 3 rings (SSSR count). The van der Waals surface area contributed by atoms with E-state index in [2.05, 4.69) is 9.97 Å². The van der Waals surface area contributed by atoms with Crippen LogP contribution in [0.2, 0.25) is 0 Å². The molecule has 0 bridgehead atoms. The summed E-state index contributed by atoms with van der Waals surface area (Å²) in [6.07, 6.45) is 0. The highest BCUT2D eigenvalue weighted by Gasteiger charge is 2.11. The van der Waals surface area contributed by atoms with Crippen LogP contribution in [0.3, 0.4) is 0 Å². The third-order valence-corrected chi connectivity index (χ3v) is 3.04. The summed E-state index contributed by atoms with van der Waals surface area (Å²) in [5.74, 6) is 0.820. The van der Waals surface area contributed by atoms with Crippen LogP contribution in [0.1, 0.15) is 0 Å². The minimum absolute atomic E-state index is 0.00543. The van der Waals surface area contributed by atoms with Crippen molar-refractivity contribution in [2.45, 2.75) is 0 Å². The van der Waals surface area contributed by atoms with Gasteiger partial charge in [0.25, 0.3) is 5.56 Å². The first-order valence-corrected chi connectivity index (χ1v) is 6.52. The van der Waals surface area contributed by atoms with Crippen LogP contribution in [0.5, 0.6) is 17.4 Å². The van der Waals surface area contributed by atoms with Gasteiger partial charge in [-0.25, -0.2) is 4.79 Å². The van der Waals surface area contributed by atoms with Crippen LogP contribution in [-0.2, 0) is 0 Å². The molecule has 110 valence electrons. The van der Waals surface area contributed by atoms with Crippen LogP contribution >= 0.6 is 0 Å². The van der Waals surface area contributed by atoms with Crippen molar-refractivity contribution in [3.63, 3.8) is 0 Å². The Kier molecular flexibility index (Phi) is 3.49. The van der Waals surface area contributed by atoms with Crippen molar-refractivity contribution in [1.29, 1.82) is 0 Å². The Morgan fingerprint density at radius 3 is 2.09 bits per heavy atom. The van der Waals surface area contributed by atoms with Crippen LogP contribution in [-0.4, -0.2) is 15.1 Å². The van der Waals surface area contributed by atoms with Gasteiger partial charge in [-0.2, -0.15) is 0 Å². The molecule has 22 heavy (non-hydrogen) atoms. The number of rotatable bonds is 3. The van der Waals surface area contributed by atoms with E-state index in [1.165, 1.54) is 0 Å². The molecule has 0 spiro atoms. The van der Waals surface area contributed by atoms with Gasteiger partial charge < -0.3 is 9.84 Å². The lowest BCUT2D eigenvalue weighted by Crippen LogP contribution is -2.23. The zero-order valence-electron chi connectivity index (χ0n) is 11.4. The summed E-state index contributed by atoms with van der Waals surface area (Å²) in [5.41, 5.74) is -0.936. The molecule has 0 saturated heterocycles. The quantitative estimate of drug-likeness (QED) is 0.690. The molecule has 0 fully saturated rings. The number of para-hydroxylation sites is 1. The van der Waals surface area contributed by atoms with Crippen molar-refractivity contribution in [3.8, 4) is 28.5 Å². The number of aromatic amines is 2. The normalized spacial score (nSPS) is 10.4. The van der Waals surface area contributed by atoms with Gasteiger partial charge in [-0.1, -0.05) is 30.3 Å². The smallest absolute Gasteiger partial charge is 0.328 e. The van der Waals surface area contributed by atoms with Gasteiger partial charge in [-0.05, 0) is 29.8 Å². The molecule has 0 aliphatic carbocycles. The van der Waals surface area contributed by atoms with Crippen LogP contribution < -0.4 is 16.0 Å². The van der Waals surface area contributed by atoms with Crippen molar-refractivity contribution in [2.24, 2.45) is 0 Å². The fourth-order valence-corrected chi connectivity index (χ4v) is 2.06. The molecule has 3 N–H and O–H groups in total. The molecular weight excluding hydrogens is 284 g/mol. The highest BCUT2D eigenvalue weighted by atomic mass is 16.5. The predicted molar refractivity (Wildman–Crippen MR) is 81.3 cm³/mol. The molecule has 0 amide bonds. The molecule has 6 heteroatoms. The Morgan fingerprint density at radius 2 is 1.45 bits per heavy atom. The first kappa shape index (κ1) is 13.7. The summed E-state index contributed by atoms with van der Waals surface area (Å²) in [5, 5.41) is 9.72. The van der Waals surface area contributed by atoms with Gasteiger partial charge >= 0.3 is 5.69 Å². The second kappa shape index (κ2) is 5.61. The number of benzene rings is 2. The predicted octanol–water partition coefficient (Wildman–Crippen LogP) is 2.23. The molecule has 0 atom stereocenters. The molecule has 1 heterocycles. The summed E-state index contributed by atoms with van der Waals surface area (Å²) >= 11 is 0. The van der Waals surface area contributed by atoms with E-state index in [1.54, 1.807) is 24.3 Å². The first-order valence-electron chi connectivity index (χ1n) is 6.52. The molecule has 0 aliphatic heterocycles. The highest BCUT2D eigenvalue weighted by Crippen LogP contribution is 2.26. The topological polar surface area (TPSA) is 95.2 Å². The van der Waals surface area contributed by atoms with Crippen LogP contribution in [0, 0.1) is 0 Å². The molecule has 0 aliphatic rings. The number of aromatic hydroxyl groups is 1. The number of aromatic nitrogens is 2. The van der Waals surface area contributed by atoms with Gasteiger partial charge in [-0.15, -0.1) is 0 Å². The lowest BCUT2D eigenvalue weighted by molar-refractivity contribution is 0.451. The maximum atomic E-state index is 11.8. The molecule has 0 saturated carbocycles. The molecule has 2 aromatic carbocycles. The molecule has 0 unspecified atom stereocenters. The number of nitrogens with one attached hydrogen (secondary N) is 2. The Bertz CT molecular complexity index is 896. The van der Waals surface area contributed by atoms with Crippen molar-refractivity contribution < 1.29 is 9.84 Å². The van der Waals surface area contributed by atoms with Crippen molar-refractivity contribution >= 4 is 0 Å². The first-order chi connectivity index (χ1) is 10.6. The second-order valence-corrected chi connectivity index (χ2v) is 4.57. The summed E-state index contributed by atoms with van der Waals surface area (Å²) in [6, 6.07) is 15.9. The van der Waals surface area contributed by atoms with Crippen LogP contribution in [0.15, 0.2) is 64.2 Å². The Hall–Kier alpha value is -3.28. The van der Waals surface area contributed by atoms with Gasteiger partial charge in [0, 0.05) is 0 Å². The lowest BCUT2D eigenvalue weighted by Gasteiger charge is -2.07. The lowest BCUT2D eigenvalue weighted by atomic mass is 10.1. The molecule has 0 radical (unpaired) electrons. The van der Waals surface area contributed by atoms with E-state index in [1.807, 2.05) is 30.3 Å². The minimum atomic E-state index is -0.754. The average Bonchev–Trinajstić information content (AvgIpc) is 2.49. The van der Waals surface area contributed by atoms with Crippen molar-refractivity contribution in [3.05, 3.63) is 75.4 Å². The maximum Gasteiger partial charge on any atom is 0.328 e. The standard InChI is InChI=1S/C16H12N2O4/c19-14-13(15(20)18-16(21)17-14)10-6-8-12(9-7-10)22-11-4-2-1-3-5-11/h1-9H,(H3,17,18,19,20,21). The Labute approximate surface area is 124 Å². The van der Waals surface area contributed by atoms with E-state index in [9.17, 15) is 14.7 Å². The number of hydrogen-bond acceptors (Lipinski definition) is 4. The largest absolute Gasteiger partial charge is 0.494 e. The molecule has 6 nitrogen and oxygen atoms in total. The third-order valence-electron chi connectivity index (χ3n) is 3.04. The van der Waals surface area contributed by atoms with E-state index in [0.717, 1.165) is 0 Å². The van der Waals surface area contributed by atoms with Crippen LogP contribution in [0.4, 0.5) is 0 Å². The SMILES string of the molecule is O=c1[nH]c(O)c(-c2ccc(Oc3ccccc3)cc2)c(=O)[nH]1. The van der Waals surface area contributed by atoms with Crippen LogP contribution in [0.25, 0.3) is 11.1 Å². The maximum absolute atomic E-state index is 11.8. The van der Waals surface area contributed by atoms with Gasteiger partial charge in [0.15, 0.2) is 0 Å². The van der Waals surface area contributed by atoms with E-state index in [4.69, 9.17) is 4.74 Å². The van der Waals surface area contributed by atoms with E-state index < -0.39 is 17.1 Å². The summed E-state index contributed by atoms with van der Waals surface area (Å²) in [4.78, 5) is 27.1. The molecular formula is C16H12N2O4. The average molecular weight is 296 g/mol. The fourth-order valence-electron chi connectivity index (χ4n) is 2.06. The number of ether oxygens (including phenoxy) is 1. The number of H-pyrrole nitrogens is 2. The highest BCUT2D eigenvalue weighted by molar-refractivity contribution is 5.67. The zero-order valence-corrected chi connectivity index (χ0v) is 11.4. The number of hydrogen-bond donors (Lipinski definition) is 3. The Balaban J connectivity index is 1.92.